The average Bonchev–Trinajstić information content (AvgIpc) is 2.36. The number of alkyl halides is 3. The van der Waals surface area contributed by atoms with Crippen molar-refractivity contribution in [3.05, 3.63) is 69.2 Å². The minimum Gasteiger partial charge on any atom is -0.384 e. The summed E-state index contributed by atoms with van der Waals surface area (Å²) in [6, 6.07) is 5.65. The molecule has 0 saturated carbocycles. The summed E-state index contributed by atoms with van der Waals surface area (Å²) >= 11 is 3.02. The molecule has 112 valence electrons. The molecule has 0 spiro atoms. The van der Waals surface area contributed by atoms with Gasteiger partial charge >= 0.3 is 6.18 Å². The molecule has 0 heterocycles. The van der Waals surface area contributed by atoms with Gasteiger partial charge in [-0.15, -0.1) is 0 Å². The Bertz CT molecular complexity index is 649. The third-order valence-electron chi connectivity index (χ3n) is 2.81. The molecule has 0 aliphatic heterocycles. The Morgan fingerprint density at radius 3 is 2.19 bits per heavy atom. The molecule has 0 amide bonds. The molecule has 0 aliphatic rings. The van der Waals surface area contributed by atoms with Crippen LogP contribution in [-0.2, 0) is 6.18 Å². The SMILES string of the molecule is OC(c1cc(F)cc(Br)c1)c1ccc(F)c(C(F)(F)F)c1. The Morgan fingerprint density at radius 2 is 1.62 bits per heavy atom. The maximum Gasteiger partial charge on any atom is 0.419 e. The standard InChI is InChI=1S/C14H8BrF5O/c15-9-3-8(4-10(16)6-9)13(21)7-1-2-12(17)11(5-7)14(18,19)20/h1-6,13,21H. The smallest absolute Gasteiger partial charge is 0.384 e. The highest BCUT2D eigenvalue weighted by molar-refractivity contribution is 9.10. The highest BCUT2D eigenvalue weighted by Crippen LogP contribution is 2.34. The van der Waals surface area contributed by atoms with Crippen LogP contribution in [0.15, 0.2) is 40.9 Å². The van der Waals surface area contributed by atoms with Crippen LogP contribution in [0, 0.1) is 11.6 Å². The first-order valence-corrected chi connectivity index (χ1v) is 6.48. The van der Waals surface area contributed by atoms with Gasteiger partial charge in [-0.3, -0.25) is 0 Å². The number of halogens is 6. The fraction of sp³-hybridized carbons (Fsp3) is 0.143. The van der Waals surface area contributed by atoms with Crippen LogP contribution in [0.25, 0.3) is 0 Å². The van der Waals surface area contributed by atoms with E-state index in [-0.39, 0.29) is 11.1 Å². The van der Waals surface area contributed by atoms with E-state index in [0.29, 0.717) is 16.6 Å². The van der Waals surface area contributed by atoms with Gasteiger partial charge in [0.15, 0.2) is 0 Å². The second-order valence-electron chi connectivity index (χ2n) is 4.34. The molecule has 0 saturated heterocycles. The van der Waals surface area contributed by atoms with Crippen molar-refractivity contribution in [3.8, 4) is 0 Å². The number of rotatable bonds is 2. The van der Waals surface area contributed by atoms with Crippen LogP contribution < -0.4 is 0 Å². The van der Waals surface area contributed by atoms with Crippen molar-refractivity contribution in [2.75, 3.05) is 0 Å². The number of benzene rings is 2. The van der Waals surface area contributed by atoms with Gasteiger partial charge in [0, 0.05) is 4.47 Å². The van der Waals surface area contributed by atoms with Crippen LogP contribution in [0.3, 0.4) is 0 Å². The molecule has 7 heteroatoms. The van der Waals surface area contributed by atoms with Crippen molar-refractivity contribution in [1.82, 2.24) is 0 Å². The van der Waals surface area contributed by atoms with E-state index in [9.17, 15) is 27.1 Å². The summed E-state index contributed by atoms with van der Waals surface area (Å²) in [4.78, 5) is 0. The zero-order valence-electron chi connectivity index (χ0n) is 10.3. The van der Waals surface area contributed by atoms with Crippen molar-refractivity contribution in [2.24, 2.45) is 0 Å². The molecule has 2 aromatic rings. The summed E-state index contributed by atoms with van der Waals surface area (Å²) in [6.07, 6.45) is -6.37. The maximum absolute atomic E-state index is 13.3. The zero-order chi connectivity index (χ0) is 15.8. The number of hydrogen-bond acceptors (Lipinski definition) is 1. The molecule has 2 aromatic carbocycles. The monoisotopic (exact) mass is 366 g/mol. The Labute approximate surface area is 125 Å². The minimum atomic E-state index is -4.87. The highest BCUT2D eigenvalue weighted by Gasteiger charge is 2.34. The van der Waals surface area contributed by atoms with Gasteiger partial charge in [-0.1, -0.05) is 22.0 Å². The molecule has 1 nitrogen and oxygen atoms in total. The van der Waals surface area contributed by atoms with E-state index in [1.165, 1.54) is 6.07 Å². The lowest BCUT2D eigenvalue weighted by Crippen LogP contribution is -2.10. The summed E-state index contributed by atoms with van der Waals surface area (Å²) in [6.45, 7) is 0. The van der Waals surface area contributed by atoms with Crippen LogP contribution >= 0.6 is 15.9 Å². The van der Waals surface area contributed by atoms with E-state index in [1.54, 1.807) is 0 Å². The van der Waals surface area contributed by atoms with Gasteiger partial charge in [0.1, 0.15) is 17.7 Å². The van der Waals surface area contributed by atoms with Gasteiger partial charge in [-0.2, -0.15) is 13.2 Å². The van der Waals surface area contributed by atoms with Gasteiger partial charge in [0.2, 0.25) is 0 Å². The lowest BCUT2D eigenvalue weighted by molar-refractivity contribution is -0.140. The first-order valence-electron chi connectivity index (χ1n) is 5.69. The minimum absolute atomic E-state index is 0.0570. The van der Waals surface area contributed by atoms with Crippen molar-refractivity contribution in [1.29, 1.82) is 0 Å². The van der Waals surface area contributed by atoms with Gasteiger partial charge in [0.05, 0.1) is 5.56 Å². The summed E-state index contributed by atoms with van der Waals surface area (Å²) in [5, 5.41) is 10.0. The fourth-order valence-electron chi connectivity index (χ4n) is 1.86. The zero-order valence-corrected chi connectivity index (χ0v) is 11.8. The molecule has 0 aliphatic carbocycles. The molecule has 2 rings (SSSR count). The van der Waals surface area contributed by atoms with Crippen molar-refractivity contribution in [3.63, 3.8) is 0 Å². The Morgan fingerprint density at radius 1 is 0.952 bits per heavy atom. The first kappa shape index (κ1) is 15.9. The second kappa shape index (κ2) is 5.73. The van der Waals surface area contributed by atoms with E-state index in [4.69, 9.17) is 0 Å². The van der Waals surface area contributed by atoms with Crippen molar-refractivity contribution in [2.45, 2.75) is 12.3 Å². The second-order valence-corrected chi connectivity index (χ2v) is 5.26. The molecule has 1 unspecified atom stereocenters. The summed E-state index contributed by atoms with van der Waals surface area (Å²) in [5.41, 5.74) is -1.60. The van der Waals surface area contributed by atoms with Gasteiger partial charge < -0.3 is 5.11 Å². The maximum atomic E-state index is 13.3. The first-order chi connectivity index (χ1) is 9.68. The molecule has 1 atom stereocenters. The van der Waals surface area contributed by atoms with E-state index >= 15 is 0 Å². The van der Waals surface area contributed by atoms with E-state index in [1.807, 2.05) is 0 Å². The molecular formula is C14H8BrF5O. The average molecular weight is 367 g/mol. The fourth-order valence-corrected chi connectivity index (χ4v) is 2.34. The molecule has 21 heavy (non-hydrogen) atoms. The Hall–Kier alpha value is -1.47. The van der Waals surface area contributed by atoms with Gasteiger partial charge in [0.25, 0.3) is 0 Å². The summed E-state index contributed by atoms with van der Waals surface area (Å²) in [7, 11) is 0. The lowest BCUT2D eigenvalue weighted by Gasteiger charge is -2.15. The molecule has 1 N–H and O–H groups in total. The molecule has 0 bridgehead atoms. The van der Waals surface area contributed by atoms with Crippen molar-refractivity contribution < 1.29 is 27.1 Å². The highest BCUT2D eigenvalue weighted by atomic mass is 79.9. The third kappa shape index (κ3) is 3.59. The molecule has 0 fully saturated rings. The Balaban J connectivity index is 2.46. The van der Waals surface area contributed by atoms with Crippen LogP contribution in [0.1, 0.15) is 22.8 Å². The summed E-state index contributed by atoms with van der Waals surface area (Å²) < 4.78 is 64.7. The predicted octanol–water partition coefficient (Wildman–Crippen LogP) is 4.83. The largest absolute Gasteiger partial charge is 0.419 e. The number of aliphatic hydroxyl groups is 1. The van der Waals surface area contributed by atoms with Crippen LogP contribution in [0.5, 0.6) is 0 Å². The molecular weight excluding hydrogens is 359 g/mol. The van der Waals surface area contributed by atoms with Crippen molar-refractivity contribution >= 4 is 15.9 Å². The van der Waals surface area contributed by atoms with Gasteiger partial charge in [-0.05, 0) is 41.5 Å². The number of hydrogen-bond donors (Lipinski definition) is 1. The van der Waals surface area contributed by atoms with E-state index in [0.717, 1.165) is 18.2 Å². The number of aliphatic hydroxyl groups excluding tert-OH is 1. The van der Waals surface area contributed by atoms with Crippen LogP contribution in [-0.4, -0.2) is 5.11 Å². The topological polar surface area (TPSA) is 20.2 Å². The summed E-state index contributed by atoms with van der Waals surface area (Å²) in [5.74, 6) is -2.09. The normalized spacial score (nSPS) is 13.3. The van der Waals surface area contributed by atoms with Crippen LogP contribution in [0.2, 0.25) is 0 Å². The predicted molar refractivity (Wildman–Crippen MR) is 69.6 cm³/mol. The lowest BCUT2D eigenvalue weighted by atomic mass is 9.99. The van der Waals surface area contributed by atoms with E-state index < -0.39 is 29.5 Å². The molecule has 0 radical (unpaired) electrons. The van der Waals surface area contributed by atoms with Gasteiger partial charge in [-0.25, -0.2) is 8.78 Å². The Kier molecular flexibility index (Phi) is 4.34. The quantitative estimate of drug-likeness (QED) is 0.755. The molecule has 0 aromatic heterocycles. The van der Waals surface area contributed by atoms with E-state index in [2.05, 4.69) is 15.9 Å². The third-order valence-corrected chi connectivity index (χ3v) is 3.27. The van der Waals surface area contributed by atoms with Crippen LogP contribution in [0.4, 0.5) is 22.0 Å².